The highest BCUT2D eigenvalue weighted by Gasteiger charge is 2.41. The molecule has 2 heterocycles. The van der Waals surface area contributed by atoms with E-state index in [0.29, 0.717) is 18.0 Å². The number of hydrogen-bond donors (Lipinski definition) is 2. The van der Waals surface area contributed by atoms with Crippen LogP contribution < -0.4 is 11.3 Å². The van der Waals surface area contributed by atoms with Crippen molar-refractivity contribution in [2.24, 2.45) is 11.8 Å². The van der Waals surface area contributed by atoms with E-state index >= 15 is 0 Å². The van der Waals surface area contributed by atoms with Gasteiger partial charge >= 0.3 is 0 Å². The summed E-state index contributed by atoms with van der Waals surface area (Å²) in [6, 6.07) is 8.25. The van der Waals surface area contributed by atoms with E-state index in [0.717, 1.165) is 5.56 Å². The largest absolute Gasteiger partial charge is 0.300 e. The first kappa shape index (κ1) is 13.0. The Balaban J connectivity index is 1.78. The fraction of sp³-hybridized carbons (Fsp3) is 0.600. The van der Waals surface area contributed by atoms with Crippen LogP contribution in [0, 0.1) is 11.7 Å². The van der Waals surface area contributed by atoms with E-state index in [4.69, 9.17) is 5.84 Å². The van der Waals surface area contributed by atoms with Crippen molar-refractivity contribution in [1.82, 2.24) is 10.3 Å². The monoisotopic (exact) mass is 263 g/mol. The molecule has 0 saturated carbocycles. The lowest BCUT2D eigenvalue weighted by molar-refractivity contribution is 0.112. The van der Waals surface area contributed by atoms with Crippen LogP contribution in [0.5, 0.6) is 0 Å². The third-order valence-corrected chi connectivity index (χ3v) is 5.01. The molecule has 0 radical (unpaired) electrons. The Kier molecular flexibility index (Phi) is 3.56. The topological polar surface area (TPSA) is 41.3 Å². The molecule has 19 heavy (non-hydrogen) atoms. The van der Waals surface area contributed by atoms with Crippen molar-refractivity contribution in [2.45, 2.75) is 43.8 Å². The molecule has 1 aromatic carbocycles. The Hall–Kier alpha value is -0.970. The molecule has 0 aliphatic carbocycles. The molecule has 2 aliphatic heterocycles. The Labute approximate surface area is 113 Å². The van der Waals surface area contributed by atoms with E-state index in [2.05, 4.69) is 17.4 Å². The molecule has 4 heteroatoms. The van der Waals surface area contributed by atoms with Crippen LogP contribution in [0.4, 0.5) is 4.39 Å². The number of fused-ring (bicyclic) bond motifs is 2. The number of hydrazine groups is 1. The van der Waals surface area contributed by atoms with Crippen LogP contribution in [0.2, 0.25) is 0 Å². The second-order valence-electron chi connectivity index (χ2n) is 5.98. The van der Waals surface area contributed by atoms with Crippen molar-refractivity contribution in [3.63, 3.8) is 0 Å². The second kappa shape index (κ2) is 5.19. The fourth-order valence-corrected chi connectivity index (χ4v) is 3.90. The van der Waals surface area contributed by atoms with Gasteiger partial charge in [-0.3, -0.25) is 11.3 Å². The van der Waals surface area contributed by atoms with E-state index in [1.807, 2.05) is 12.1 Å². The van der Waals surface area contributed by atoms with Gasteiger partial charge in [0, 0.05) is 18.1 Å². The predicted molar refractivity (Wildman–Crippen MR) is 73.8 cm³/mol. The Morgan fingerprint density at radius 1 is 1.21 bits per heavy atom. The molecule has 3 rings (SSSR count). The molecule has 0 spiro atoms. The smallest absolute Gasteiger partial charge is 0.123 e. The molecule has 3 nitrogen and oxygen atoms in total. The van der Waals surface area contributed by atoms with E-state index in [1.165, 1.54) is 37.8 Å². The summed E-state index contributed by atoms with van der Waals surface area (Å²) in [5.41, 5.74) is 4.05. The van der Waals surface area contributed by atoms with Gasteiger partial charge in [0.1, 0.15) is 5.82 Å². The van der Waals surface area contributed by atoms with Crippen molar-refractivity contribution < 1.29 is 4.39 Å². The Morgan fingerprint density at radius 3 is 2.32 bits per heavy atom. The zero-order valence-corrected chi connectivity index (χ0v) is 11.3. The molecule has 2 fully saturated rings. The van der Waals surface area contributed by atoms with E-state index in [1.54, 1.807) is 0 Å². The van der Waals surface area contributed by atoms with Gasteiger partial charge in [0.25, 0.3) is 0 Å². The van der Waals surface area contributed by atoms with Gasteiger partial charge in [-0.25, -0.2) is 4.39 Å². The number of hydrogen-bond acceptors (Lipinski definition) is 3. The average Bonchev–Trinajstić information content (AvgIpc) is 2.65. The maximum absolute atomic E-state index is 13.0. The molecule has 2 aliphatic rings. The second-order valence-corrected chi connectivity index (χ2v) is 5.98. The summed E-state index contributed by atoms with van der Waals surface area (Å²) in [4.78, 5) is 2.52. The molecule has 3 atom stereocenters. The SMILES string of the molecule is CN1C2CCC1CC(C(NN)c1ccc(F)cc1)C2. The summed E-state index contributed by atoms with van der Waals surface area (Å²) in [5, 5.41) is 0. The number of benzene rings is 1. The van der Waals surface area contributed by atoms with Crippen molar-refractivity contribution in [3.8, 4) is 0 Å². The van der Waals surface area contributed by atoms with Gasteiger partial charge in [-0.15, -0.1) is 0 Å². The van der Waals surface area contributed by atoms with Crippen LogP contribution in [0.25, 0.3) is 0 Å². The van der Waals surface area contributed by atoms with Crippen LogP contribution in [0.1, 0.15) is 37.3 Å². The van der Waals surface area contributed by atoms with Crippen LogP contribution in [0.3, 0.4) is 0 Å². The van der Waals surface area contributed by atoms with Gasteiger partial charge in [-0.1, -0.05) is 12.1 Å². The van der Waals surface area contributed by atoms with E-state index < -0.39 is 0 Å². The zero-order valence-electron chi connectivity index (χ0n) is 11.3. The number of rotatable bonds is 3. The van der Waals surface area contributed by atoms with Crippen molar-refractivity contribution in [3.05, 3.63) is 35.6 Å². The molecule has 104 valence electrons. The molecule has 1 aromatic rings. The summed E-state index contributed by atoms with van der Waals surface area (Å²) in [6.45, 7) is 0. The normalized spacial score (nSPS) is 32.5. The van der Waals surface area contributed by atoms with Gasteiger partial charge < -0.3 is 4.90 Å². The highest BCUT2D eigenvalue weighted by Crippen LogP contribution is 2.42. The molecule has 3 N–H and O–H groups in total. The fourth-order valence-electron chi connectivity index (χ4n) is 3.90. The van der Waals surface area contributed by atoms with E-state index in [9.17, 15) is 4.39 Å². The summed E-state index contributed by atoms with van der Waals surface area (Å²) < 4.78 is 13.0. The maximum Gasteiger partial charge on any atom is 0.123 e. The molecule has 0 aromatic heterocycles. The number of nitrogens with two attached hydrogens (primary N) is 1. The number of nitrogens with zero attached hydrogens (tertiary/aromatic N) is 1. The highest BCUT2D eigenvalue weighted by molar-refractivity contribution is 5.21. The van der Waals surface area contributed by atoms with Crippen LogP contribution >= 0.6 is 0 Å². The first-order valence-corrected chi connectivity index (χ1v) is 7.12. The van der Waals surface area contributed by atoms with Crippen LogP contribution in [0.15, 0.2) is 24.3 Å². The standard InChI is InChI=1S/C15H22FN3/c1-19-13-6-7-14(19)9-11(8-13)15(18-17)10-2-4-12(16)5-3-10/h2-5,11,13-15,18H,6-9,17H2,1H3. The lowest BCUT2D eigenvalue weighted by Gasteiger charge is -2.39. The molecular formula is C15H22FN3. The zero-order chi connectivity index (χ0) is 13.4. The Morgan fingerprint density at radius 2 is 1.79 bits per heavy atom. The van der Waals surface area contributed by atoms with Crippen molar-refractivity contribution in [2.75, 3.05) is 7.05 Å². The summed E-state index contributed by atoms with van der Waals surface area (Å²) in [5.74, 6) is 6.12. The van der Waals surface area contributed by atoms with Crippen molar-refractivity contribution >= 4 is 0 Å². The number of halogens is 1. The van der Waals surface area contributed by atoms with Gasteiger partial charge in [0.15, 0.2) is 0 Å². The minimum absolute atomic E-state index is 0.136. The number of piperidine rings is 1. The van der Waals surface area contributed by atoms with Gasteiger partial charge in [-0.2, -0.15) is 0 Å². The van der Waals surface area contributed by atoms with Crippen LogP contribution in [-0.4, -0.2) is 24.0 Å². The molecular weight excluding hydrogens is 241 g/mol. The third kappa shape index (κ3) is 2.40. The maximum atomic E-state index is 13.0. The molecule has 2 bridgehead atoms. The lowest BCUT2D eigenvalue weighted by atomic mass is 9.82. The average molecular weight is 263 g/mol. The van der Waals surface area contributed by atoms with Gasteiger partial charge in [0.05, 0.1) is 0 Å². The van der Waals surface area contributed by atoms with Crippen LogP contribution in [-0.2, 0) is 0 Å². The quantitative estimate of drug-likeness (QED) is 0.649. The molecule has 2 saturated heterocycles. The molecule has 0 amide bonds. The minimum atomic E-state index is -0.192. The van der Waals surface area contributed by atoms with Gasteiger partial charge in [-0.05, 0) is 56.3 Å². The summed E-state index contributed by atoms with van der Waals surface area (Å²) >= 11 is 0. The number of nitrogens with one attached hydrogen (secondary N) is 1. The van der Waals surface area contributed by atoms with Gasteiger partial charge in [0.2, 0.25) is 0 Å². The summed E-state index contributed by atoms with van der Waals surface area (Å²) in [6.07, 6.45) is 4.97. The first-order valence-electron chi connectivity index (χ1n) is 7.12. The highest BCUT2D eigenvalue weighted by atomic mass is 19.1. The molecule has 3 unspecified atom stereocenters. The predicted octanol–water partition coefficient (Wildman–Crippen LogP) is 2.20. The Bertz CT molecular complexity index is 420. The van der Waals surface area contributed by atoms with Crippen molar-refractivity contribution in [1.29, 1.82) is 0 Å². The minimum Gasteiger partial charge on any atom is -0.300 e. The lowest BCUT2D eigenvalue weighted by Crippen LogP contribution is -2.45. The van der Waals surface area contributed by atoms with E-state index in [-0.39, 0.29) is 11.9 Å². The summed E-state index contributed by atoms with van der Waals surface area (Å²) in [7, 11) is 2.24. The third-order valence-electron chi connectivity index (χ3n) is 5.01. The first-order chi connectivity index (χ1) is 9.19.